The molecule has 0 aliphatic carbocycles. The Morgan fingerprint density at radius 3 is 2.91 bits per heavy atom. The Morgan fingerprint density at radius 1 is 1.30 bits per heavy atom. The maximum absolute atomic E-state index is 5.78. The van der Waals surface area contributed by atoms with E-state index in [-0.39, 0.29) is 0 Å². The Hall–Kier alpha value is -2.67. The number of nitrogens with zero attached hydrogens (tertiary/aromatic N) is 5. The molecule has 3 aromatic heterocycles. The Bertz CT molecular complexity index is 841. The Balaban J connectivity index is 1.71. The first-order chi connectivity index (χ1) is 11.2. The molecule has 1 fully saturated rings. The molecule has 23 heavy (non-hydrogen) atoms. The number of anilines is 2. The van der Waals surface area contributed by atoms with Gasteiger partial charge in [-0.15, -0.1) is 5.10 Å². The van der Waals surface area contributed by atoms with Crippen LogP contribution in [0.3, 0.4) is 0 Å². The Kier molecular flexibility index (Phi) is 3.34. The molecule has 0 bridgehead atoms. The molecule has 0 spiro atoms. The van der Waals surface area contributed by atoms with Crippen molar-refractivity contribution in [3.63, 3.8) is 0 Å². The highest BCUT2D eigenvalue weighted by Gasteiger charge is 2.21. The fraction of sp³-hybridized carbons (Fsp3) is 0.312. The molecule has 2 N–H and O–H groups in total. The SMILES string of the molecule is CN(CC1COC1)c1ccc2ncc(-c3ccnc(N)c3)n2n1. The topological polar surface area (TPSA) is 81.6 Å². The van der Waals surface area contributed by atoms with Gasteiger partial charge in [-0.3, -0.25) is 0 Å². The Morgan fingerprint density at radius 2 is 2.17 bits per heavy atom. The van der Waals surface area contributed by atoms with Crippen LogP contribution in [0.1, 0.15) is 0 Å². The van der Waals surface area contributed by atoms with E-state index in [0.29, 0.717) is 11.7 Å². The molecular weight excluding hydrogens is 292 g/mol. The van der Waals surface area contributed by atoms with Gasteiger partial charge in [0, 0.05) is 31.3 Å². The highest BCUT2D eigenvalue weighted by molar-refractivity contribution is 5.65. The average Bonchev–Trinajstić information content (AvgIpc) is 2.93. The van der Waals surface area contributed by atoms with Crippen molar-refractivity contribution in [3.8, 4) is 11.3 Å². The van der Waals surface area contributed by atoms with E-state index >= 15 is 0 Å². The van der Waals surface area contributed by atoms with E-state index in [2.05, 4.69) is 14.9 Å². The van der Waals surface area contributed by atoms with Crippen molar-refractivity contribution in [3.05, 3.63) is 36.7 Å². The van der Waals surface area contributed by atoms with Gasteiger partial charge < -0.3 is 15.4 Å². The summed E-state index contributed by atoms with van der Waals surface area (Å²) in [7, 11) is 2.05. The van der Waals surface area contributed by atoms with Crippen molar-refractivity contribution in [2.45, 2.75) is 0 Å². The summed E-state index contributed by atoms with van der Waals surface area (Å²) in [5, 5.41) is 4.73. The molecule has 0 atom stereocenters. The number of imidazole rings is 1. The van der Waals surface area contributed by atoms with E-state index < -0.39 is 0 Å². The molecular formula is C16H18N6O. The predicted octanol–water partition coefficient (Wildman–Crippen LogP) is 1.46. The van der Waals surface area contributed by atoms with Gasteiger partial charge in [-0.05, 0) is 24.3 Å². The van der Waals surface area contributed by atoms with Gasteiger partial charge >= 0.3 is 0 Å². The lowest BCUT2D eigenvalue weighted by atomic mass is 10.1. The second kappa shape index (κ2) is 5.51. The minimum absolute atomic E-state index is 0.482. The number of rotatable bonds is 4. The largest absolute Gasteiger partial charge is 0.384 e. The molecule has 4 rings (SSSR count). The van der Waals surface area contributed by atoms with Gasteiger partial charge in [0.25, 0.3) is 0 Å². The van der Waals surface area contributed by atoms with E-state index in [4.69, 9.17) is 15.6 Å². The highest BCUT2D eigenvalue weighted by Crippen LogP contribution is 2.23. The molecule has 1 aliphatic heterocycles. The average molecular weight is 310 g/mol. The van der Waals surface area contributed by atoms with Gasteiger partial charge in [0.15, 0.2) is 5.65 Å². The van der Waals surface area contributed by atoms with E-state index in [1.807, 2.05) is 35.8 Å². The monoisotopic (exact) mass is 310 g/mol. The molecule has 0 unspecified atom stereocenters. The maximum atomic E-state index is 5.78. The van der Waals surface area contributed by atoms with Crippen LogP contribution in [0.2, 0.25) is 0 Å². The summed E-state index contributed by atoms with van der Waals surface area (Å²) < 4.78 is 7.08. The third-order valence-corrected chi connectivity index (χ3v) is 4.06. The first-order valence-corrected chi connectivity index (χ1v) is 7.56. The normalized spacial score (nSPS) is 14.8. The minimum atomic E-state index is 0.482. The molecule has 0 aromatic carbocycles. The fourth-order valence-electron chi connectivity index (χ4n) is 2.74. The van der Waals surface area contributed by atoms with E-state index in [0.717, 1.165) is 42.5 Å². The number of nitrogens with two attached hydrogens (primary N) is 1. The van der Waals surface area contributed by atoms with Crippen molar-refractivity contribution in [1.82, 2.24) is 19.6 Å². The van der Waals surface area contributed by atoms with Crippen molar-refractivity contribution in [2.24, 2.45) is 5.92 Å². The van der Waals surface area contributed by atoms with Gasteiger partial charge in [-0.25, -0.2) is 14.5 Å². The summed E-state index contributed by atoms with van der Waals surface area (Å²) >= 11 is 0. The van der Waals surface area contributed by atoms with Crippen molar-refractivity contribution >= 4 is 17.3 Å². The highest BCUT2D eigenvalue weighted by atomic mass is 16.5. The van der Waals surface area contributed by atoms with Crippen LogP contribution in [-0.2, 0) is 4.74 Å². The summed E-state index contributed by atoms with van der Waals surface area (Å²) in [5.74, 6) is 1.97. The third-order valence-electron chi connectivity index (χ3n) is 4.06. The van der Waals surface area contributed by atoms with Crippen molar-refractivity contribution in [1.29, 1.82) is 0 Å². The summed E-state index contributed by atoms with van der Waals surface area (Å²) in [5.41, 5.74) is 8.44. The zero-order valence-electron chi connectivity index (χ0n) is 12.9. The van der Waals surface area contributed by atoms with Crippen LogP contribution in [0, 0.1) is 5.92 Å². The van der Waals surface area contributed by atoms with Crippen molar-refractivity contribution < 1.29 is 4.74 Å². The van der Waals surface area contributed by atoms with Gasteiger partial charge in [-0.1, -0.05) is 0 Å². The minimum Gasteiger partial charge on any atom is -0.384 e. The summed E-state index contributed by atoms with van der Waals surface area (Å²) in [6, 6.07) is 7.70. The predicted molar refractivity (Wildman–Crippen MR) is 88.2 cm³/mol. The standard InChI is InChI=1S/C16H18N6O/c1-21(8-11-9-23-10-11)16-3-2-15-19-7-13(22(15)20-16)12-4-5-18-14(17)6-12/h2-7,11H,8-10H2,1H3,(H2,17,18). The van der Waals surface area contributed by atoms with E-state index in [1.165, 1.54) is 0 Å². The van der Waals surface area contributed by atoms with E-state index in [1.54, 1.807) is 12.4 Å². The van der Waals surface area contributed by atoms with Crippen LogP contribution in [0.4, 0.5) is 11.6 Å². The van der Waals surface area contributed by atoms with Gasteiger partial charge in [0.1, 0.15) is 11.6 Å². The molecule has 7 heteroatoms. The number of ether oxygens (including phenoxy) is 1. The van der Waals surface area contributed by atoms with Gasteiger partial charge in [-0.2, -0.15) is 0 Å². The maximum Gasteiger partial charge on any atom is 0.154 e. The zero-order chi connectivity index (χ0) is 15.8. The summed E-state index contributed by atoms with van der Waals surface area (Å²) in [6.45, 7) is 2.60. The van der Waals surface area contributed by atoms with Gasteiger partial charge in [0.2, 0.25) is 0 Å². The molecule has 0 amide bonds. The quantitative estimate of drug-likeness (QED) is 0.785. The molecule has 1 saturated heterocycles. The lowest BCUT2D eigenvalue weighted by Gasteiger charge is -2.30. The van der Waals surface area contributed by atoms with E-state index in [9.17, 15) is 0 Å². The zero-order valence-corrected chi connectivity index (χ0v) is 12.9. The molecule has 118 valence electrons. The fourth-order valence-corrected chi connectivity index (χ4v) is 2.74. The number of nitrogen functional groups attached to an aromatic ring is 1. The van der Waals surface area contributed by atoms with Crippen LogP contribution in [0.5, 0.6) is 0 Å². The molecule has 0 radical (unpaired) electrons. The molecule has 3 aromatic rings. The number of aromatic nitrogens is 4. The second-order valence-corrected chi connectivity index (χ2v) is 5.86. The summed E-state index contributed by atoms with van der Waals surface area (Å²) in [6.07, 6.45) is 3.50. The van der Waals surface area contributed by atoms with Crippen LogP contribution in [0.15, 0.2) is 36.7 Å². The smallest absolute Gasteiger partial charge is 0.154 e. The van der Waals surface area contributed by atoms with Gasteiger partial charge in [0.05, 0.1) is 25.1 Å². The number of pyridine rings is 1. The first kappa shape index (κ1) is 14.0. The van der Waals surface area contributed by atoms with Crippen LogP contribution >= 0.6 is 0 Å². The molecule has 4 heterocycles. The van der Waals surface area contributed by atoms with Crippen LogP contribution in [0.25, 0.3) is 16.9 Å². The Labute approximate surface area is 133 Å². The molecule has 7 nitrogen and oxygen atoms in total. The lowest BCUT2D eigenvalue weighted by molar-refractivity contribution is -0.0272. The lowest BCUT2D eigenvalue weighted by Crippen LogP contribution is -2.38. The second-order valence-electron chi connectivity index (χ2n) is 5.86. The number of hydrogen-bond acceptors (Lipinski definition) is 6. The molecule has 1 aliphatic rings. The summed E-state index contributed by atoms with van der Waals surface area (Å²) in [4.78, 5) is 10.6. The van der Waals surface area contributed by atoms with Crippen LogP contribution < -0.4 is 10.6 Å². The van der Waals surface area contributed by atoms with Crippen molar-refractivity contribution in [2.75, 3.05) is 37.4 Å². The molecule has 0 saturated carbocycles. The third kappa shape index (κ3) is 2.59. The first-order valence-electron chi connectivity index (χ1n) is 7.56. The van der Waals surface area contributed by atoms with Crippen LogP contribution in [-0.4, -0.2) is 46.4 Å². The number of fused-ring (bicyclic) bond motifs is 1. The number of hydrogen-bond donors (Lipinski definition) is 1.